The van der Waals surface area contributed by atoms with Crippen molar-refractivity contribution in [2.45, 2.75) is 25.6 Å². The number of pyridine rings is 1. The van der Waals surface area contributed by atoms with Crippen LogP contribution in [0.5, 0.6) is 0 Å². The zero-order valence-electron chi connectivity index (χ0n) is 9.36. The van der Waals surface area contributed by atoms with Crippen molar-refractivity contribution in [1.82, 2.24) is 4.98 Å². The Kier molecular flexibility index (Phi) is 3.33. The molecule has 0 bridgehead atoms. The molecule has 17 heavy (non-hydrogen) atoms. The number of halogens is 2. The molecule has 1 aliphatic rings. The second-order valence-electron chi connectivity index (χ2n) is 4.18. The van der Waals surface area contributed by atoms with Gasteiger partial charge in [0.15, 0.2) is 0 Å². The van der Waals surface area contributed by atoms with E-state index in [9.17, 15) is 9.18 Å². The number of hydrogen-bond acceptors (Lipinski definition) is 3. The van der Waals surface area contributed by atoms with Gasteiger partial charge in [0.2, 0.25) is 5.91 Å². The summed E-state index contributed by atoms with van der Waals surface area (Å²) < 4.78 is 14.1. The second-order valence-corrected chi connectivity index (χ2v) is 4.99. The van der Waals surface area contributed by atoms with Gasteiger partial charge in [-0.3, -0.25) is 4.79 Å². The Morgan fingerprint density at radius 1 is 1.65 bits per heavy atom. The van der Waals surface area contributed by atoms with Crippen molar-refractivity contribution in [3.8, 4) is 0 Å². The fourth-order valence-electron chi connectivity index (χ4n) is 2.07. The van der Waals surface area contributed by atoms with Gasteiger partial charge in [0, 0.05) is 6.42 Å². The molecular formula is C11H13BrFN3O. The molecule has 1 fully saturated rings. The molecule has 1 amide bonds. The first-order valence-corrected chi connectivity index (χ1v) is 6.11. The summed E-state index contributed by atoms with van der Waals surface area (Å²) in [5.41, 5.74) is 6.19. The van der Waals surface area contributed by atoms with Crippen LogP contribution < -0.4 is 10.6 Å². The molecule has 1 aromatic heterocycles. The van der Waals surface area contributed by atoms with Gasteiger partial charge in [0.1, 0.15) is 22.6 Å². The summed E-state index contributed by atoms with van der Waals surface area (Å²) in [4.78, 5) is 17.2. The molecule has 2 N–H and O–H groups in total. The zero-order chi connectivity index (χ0) is 12.6. The predicted octanol–water partition coefficient (Wildman–Crippen LogP) is 1.55. The Morgan fingerprint density at radius 2 is 2.35 bits per heavy atom. The lowest BCUT2D eigenvalue weighted by molar-refractivity contribution is -0.119. The van der Waals surface area contributed by atoms with Crippen molar-refractivity contribution in [3.05, 3.63) is 22.3 Å². The topological polar surface area (TPSA) is 59.2 Å². The van der Waals surface area contributed by atoms with Gasteiger partial charge in [0.05, 0.1) is 6.54 Å². The molecule has 0 aromatic carbocycles. The average Bonchev–Trinajstić information content (AvgIpc) is 2.64. The SMILES string of the molecule is Cc1ccc(Br)nc1N1CC(F)CC1C(N)=O. The van der Waals surface area contributed by atoms with E-state index in [2.05, 4.69) is 20.9 Å². The maximum Gasteiger partial charge on any atom is 0.240 e. The number of nitrogens with zero attached hydrogens (tertiary/aromatic N) is 2. The van der Waals surface area contributed by atoms with Gasteiger partial charge in [0.25, 0.3) is 0 Å². The Bertz CT molecular complexity index is 454. The maximum atomic E-state index is 13.4. The minimum atomic E-state index is -1.03. The van der Waals surface area contributed by atoms with Gasteiger partial charge < -0.3 is 10.6 Å². The number of aromatic nitrogens is 1. The summed E-state index contributed by atoms with van der Waals surface area (Å²) in [5, 5.41) is 0. The van der Waals surface area contributed by atoms with E-state index in [1.807, 2.05) is 13.0 Å². The summed E-state index contributed by atoms with van der Waals surface area (Å²) in [6.45, 7) is 2.04. The highest BCUT2D eigenvalue weighted by Crippen LogP contribution is 2.29. The van der Waals surface area contributed by atoms with Crippen LogP contribution in [-0.4, -0.2) is 29.6 Å². The van der Waals surface area contributed by atoms with E-state index >= 15 is 0 Å². The average molecular weight is 302 g/mol. The van der Waals surface area contributed by atoms with E-state index in [4.69, 9.17) is 5.73 Å². The number of rotatable bonds is 2. The fraction of sp³-hybridized carbons (Fsp3) is 0.455. The molecule has 1 saturated heterocycles. The molecule has 1 aromatic rings. The summed E-state index contributed by atoms with van der Waals surface area (Å²) in [6, 6.07) is 3.07. The highest BCUT2D eigenvalue weighted by atomic mass is 79.9. The molecule has 0 saturated carbocycles. The maximum absolute atomic E-state index is 13.4. The van der Waals surface area contributed by atoms with Crippen LogP contribution in [0.2, 0.25) is 0 Å². The van der Waals surface area contributed by atoms with Crippen LogP contribution >= 0.6 is 15.9 Å². The lowest BCUT2D eigenvalue weighted by Gasteiger charge is -2.24. The van der Waals surface area contributed by atoms with Gasteiger partial charge in [-0.2, -0.15) is 0 Å². The minimum Gasteiger partial charge on any atom is -0.368 e. The molecule has 2 rings (SSSR count). The number of alkyl halides is 1. The van der Waals surface area contributed by atoms with E-state index in [1.165, 1.54) is 0 Å². The highest BCUT2D eigenvalue weighted by molar-refractivity contribution is 9.10. The number of hydrogen-bond donors (Lipinski definition) is 1. The first-order valence-electron chi connectivity index (χ1n) is 5.32. The van der Waals surface area contributed by atoms with Crippen LogP contribution in [-0.2, 0) is 4.79 Å². The van der Waals surface area contributed by atoms with Gasteiger partial charge >= 0.3 is 0 Å². The Morgan fingerprint density at radius 3 is 3.00 bits per heavy atom. The summed E-state index contributed by atoms with van der Waals surface area (Å²) in [7, 11) is 0. The highest BCUT2D eigenvalue weighted by Gasteiger charge is 2.37. The molecule has 4 nitrogen and oxygen atoms in total. The first-order chi connectivity index (χ1) is 7.99. The molecule has 0 spiro atoms. The zero-order valence-corrected chi connectivity index (χ0v) is 10.9. The van der Waals surface area contributed by atoms with Crippen LogP contribution in [0.3, 0.4) is 0 Å². The number of aryl methyl sites for hydroxylation is 1. The lowest BCUT2D eigenvalue weighted by atomic mass is 10.2. The quantitative estimate of drug-likeness (QED) is 0.843. The summed E-state index contributed by atoms with van der Waals surface area (Å²) >= 11 is 3.27. The van der Waals surface area contributed by atoms with Crippen LogP contribution in [0.1, 0.15) is 12.0 Å². The molecule has 2 unspecified atom stereocenters. The Balaban J connectivity index is 2.37. The van der Waals surface area contributed by atoms with E-state index in [1.54, 1.807) is 11.0 Å². The predicted molar refractivity (Wildman–Crippen MR) is 66.5 cm³/mol. The van der Waals surface area contributed by atoms with E-state index in [0.29, 0.717) is 10.4 Å². The van der Waals surface area contributed by atoms with Gasteiger partial charge in [-0.1, -0.05) is 6.07 Å². The van der Waals surface area contributed by atoms with Crippen LogP contribution in [0.15, 0.2) is 16.7 Å². The third-order valence-corrected chi connectivity index (χ3v) is 3.33. The molecule has 92 valence electrons. The number of nitrogens with two attached hydrogens (primary N) is 1. The van der Waals surface area contributed by atoms with E-state index < -0.39 is 18.1 Å². The van der Waals surface area contributed by atoms with Gasteiger partial charge in [-0.15, -0.1) is 0 Å². The Labute approximate surface area is 107 Å². The number of amides is 1. The smallest absolute Gasteiger partial charge is 0.240 e. The molecule has 0 radical (unpaired) electrons. The third kappa shape index (κ3) is 2.41. The van der Waals surface area contributed by atoms with Crippen LogP contribution in [0.4, 0.5) is 10.2 Å². The summed E-state index contributed by atoms with van der Waals surface area (Å²) in [6.07, 6.45) is -0.893. The molecule has 1 aliphatic heterocycles. The lowest BCUT2D eigenvalue weighted by Crippen LogP contribution is -2.41. The number of carbonyl (C=O) groups excluding carboxylic acids is 1. The minimum absolute atomic E-state index is 0.142. The second kappa shape index (κ2) is 4.60. The van der Waals surface area contributed by atoms with Crippen molar-refractivity contribution in [1.29, 1.82) is 0 Å². The van der Waals surface area contributed by atoms with Crippen molar-refractivity contribution >= 4 is 27.7 Å². The van der Waals surface area contributed by atoms with E-state index in [-0.39, 0.29) is 13.0 Å². The molecule has 6 heteroatoms. The molecule has 0 aliphatic carbocycles. The molecular weight excluding hydrogens is 289 g/mol. The van der Waals surface area contributed by atoms with Crippen molar-refractivity contribution in [2.75, 3.05) is 11.4 Å². The standard InChI is InChI=1S/C11H13BrFN3O/c1-6-2-3-9(12)15-11(6)16-5-7(13)4-8(16)10(14)17/h2-3,7-8H,4-5H2,1H3,(H2,14,17). The number of anilines is 1. The van der Waals surface area contributed by atoms with Gasteiger partial charge in [-0.25, -0.2) is 9.37 Å². The number of primary amides is 1. The van der Waals surface area contributed by atoms with Crippen molar-refractivity contribution in [2.24, 2.45) is 5.73 Å². The molecule has 2 atom stereocenters. The monoisotopic (exact) mass is 301 g/mol. The third-order valence-electron chi connectivity index (χ3n) is 2.89. The van der Waals surface area contributed by atoms with Crippen molar-refractivity contribution in [3.63, 3.8) is 0 Å². The van der Waals surface area contributed by atoms with Crippen LogP contribution in [0, 0.1) is 6.92 Å². The summed E-state index contributed by atoms with van der Waals surface area (Å²) in [5.74, 6) is 0.106. The number of carbonyl (C=O) groups is 1. The van der Waals surface area contributed by atoms with Crippen molar-refractivity contribution < 1.29 is 9.18 Å². The normalized spacial score (nSPS) is 24.1. The van der Waals surface area contributed by atoms with Crippen LogP contribution in [0.25, 0.3) is 0 Å². The van der Waals surface area contributed by atoms with Gasteiger partial charge in [-0.05, 0) is 34.5 Å². The first kappa shape index (κ1) is 12.3. The fourth-order valence-corrected chi connectivity index (χ4v) is 2.37. The Hall–Kier alpha value is -1.17. The molecule has 2 heterocycles. The largest absolute Gasteiger partial charge is 0.368 e. The van der Waals surface area contributed by atoms with E-state index in [0.717, 1.165) is 5.56 Å².